The van der Waals surface area contributed by atoms with Crippen molar-refractivity contribution in [3.05, 3.63) is 65.4 Å². The molecule has 1 fully saturated rings. The minimum Gasteiger partial charge on any atom is -0.459 e. The first kappa shape index (κ1) is 23.0. The van der Waals surface area contributed by atoms with Crippen LogP contribution in [0.4, 0.5) is 0 Å². The number of thioether (sulfide) groups is 1. The van der Waals surface area contributed by atoms with Crippen molar-refractivity contribution < 1.29 is 13.9 Å². The number of nitrogens with zero attached hydrogens (tertiary/aromatic N) is 3. The highest BCUT2D eigenvalue weighted by Crippen LogP contribution is 2.28. The molecular formula is C25H25ClN4O3S. The number of amides is 1. The summed E-state index contributed by atoms with van der Waals surface area (Å²) in [6.07, 6.45) is 2.16. The zero-order chi connectivity index (χ0) is 23.5. The Labute approximate surface area is 206 Å². The van der Waals surface area contributed by atoms with E-state index >= 15 is 0 Å². The van der Waals surface area contributed by atoms with Gasteiger partial charge in [0.25, 0.3) is 0 Å². The molecule has 0 unspecified atom stereocenters. The molecule has 176 valence electrons. The molecule has 5 rings (SSSR count). The number of carbonyl (C=O) groups is 1. The first-order valence-corrected chi connectivity index (χ1v) is 12.6. The molecule has 1 saturated heterocycles. The summed E-state index contributed by atoms with van der Waals surface area (Å²) in [7, 11) is 0. The maximum absolute atomic E-state index is 12.7. The summed E-state index contributed by atoms with van der Waals surface area (Å²) in [6, 6.07) is 17.0. The number of fused-ring (bicyclic) bond motifs is 1. The lowest BCUT2D eigenvalue weighted by Gasteiger charge is -2.15. The van der Waals surface area contributed by atoms with Gasteiger partial charge in [0.05, 0.1) is 24.4 Å². The lowest BCUT2D eigenvalue weighted by atomic mass is 10.2. The summed E-state index contributed by atoms with van der Waals surface area (Å²) >= 11 is 7.42. The standard InChI is InChI=1S/C25H25ClN4O3S/c1-16(22-13-18-5-2-3-7-21(18)33-22)27-23(31)15-34-25-29-28-24(17-8-10-19(26)11-9-17)30(25)14-20-6-4-12-32-20/h2-3,5,7-11,13,16,20H,4,6,12,14-15H2,1H3,(H,27,31)/t16-,20+/m0/s1. The maximum atomic E-state index is 12.7. The van der Waals surface area contributed by atoms with Crippen molar-refractivity contribution in [3.63, 3.8) is 0 Å². The van der Waals surface area contributed by atoms with Crippen molar-refractivity contribution in [2.45, 2.75) is 43.6 Å². The Morgan fingerprint density at radius 3 is 2.82 bits per heavy atom. The predicted molar refractivity (Wildman–Crippen MR) is 133 cm³/mol. The van der Waals surface area contributed by atoms with Gasteiger partial charge >= 0.3 is 0 Å². The van der Waals surface area contributed by atoms with Crippen LogP contribution in [0.2, 0.25) is 5.02 Å². The van der Waals surface area contributed by atoms with Gasteiger partial charge in [-0.05, 0) is 56.2 Å². The fraction of sp³-hybridized carbons (Fsp3) is 0.320. The third-order valence-electron chi connectivity index (χ3n) is 5.81. The summed E-state index contributed by atoms with van der Waals surface area (Å²) in [5.41, 5.74) is 1.73. The van der Waals surface area contributed by atoms with Gasteiger partial charge in [-0.1, -0.05) is 41.6 Å². The molecule has 4 aromatic rings. The van der Waals surface area contributed by atoms with Crippen molar-refractivity contribution in [2.24, 2.45) is 0 Å². The van der Waals surface area contributed by atoms with E-state index in [0.29, 0.717) is 16.7 Å². The van der Waals surface area contributed by atoms with Crippen molar-refractivity contribution in [2.75, 3.05) is 12.4 Å². The molecule has 1 amide bonds. The van der Waals surface area contributed by atoms with Crippen LogP contribution in [-0.2, 0) is 16.1 Å². The molecule has 1 N–H and O–H groups in total. The molecule has 34 heavy (non-hydrogen) atoms. The molecule has 0 saturated carbocycles. The molecule has 1 aliphatic rings. The van der Waals surface area contributed by atoms with Gasteiger partial charge in [0, 0.05) is 22.6 Å². The Kier molecular flexibility index (Phi) is 6.89. The van der Waals surface area contributed by atoms with Crippen molar-refractivity contribution in [1.82, 2.24) is 20.1 Å². The summed E-state index contributed by atoms with van der Waals surface area (Å²) in [6.45, 7) is 3.33. The Morgan fingerprint density at radius 1 is 1.24 bits per heavy atom. The molecule has 1 aliphatic heterocycles. The Morgan fingerprint density at radius 2 is 2.06 bits per heavy atom. The number of hydrogen-bond donors (Lipinski definition) is 1. The van der Waals surface area contributed by atoms with Crippen LogP contribution in [0.1, 0.15) is 31.6 Å². The number of furan rings is 1. The second kappa shape index (κ2) is 10.2. The Hall–Kier alpha value is -2.81. The SMILES string of the molecule is C[C@H](NC(=O)CSc1nnc(-c2ccc(Cl)cc2)n1C[C@H]1CCCO1)c1cc2ccccc2o1. The van der Waals surface area contributed by atoms with E-state index in [1.807, 2.05) is 66.1 Å². The quantitative estimate of drug-likeness (QED) is 0.325. The minimum atomic E-state index is -0.241. The average Bonchev–Trinajstić information content (AvgIpc) is 3.59. The van der Waals surface area contributed by atoms with Crippen LogP contribution < -0.4 is 5.32 Å². The molecule has 2 aromatic heterocycles. The van der Waals surface area contributed by atoms with Gasteiger partial charge in [0.1, 0.15) is 11.3 Å². The molecule has 0 bridgehead atoms. The minimum absolute atomic E-state index is 0.0994. The summed E-state index contributed by atoms with van der Waals surface area (Å²) < 4.78 is 13.8. The maximum Gasteiger partial charge on any atom is 0.231 e. The average molecular weight is 497 g/mol. The number of nitrogens with one attached hydrogen (secondary N) is 1. The summed E-state index contributed by atoms with van der Waals surface area (Å²) in [5, 5.41) is 14.2. The van der Waals surface area contributed by atoms with Crippen LogP contribution in [0.5, 0.6) is 0 Å². The highest BCUT2D eigenvalue weighted by molar-refractivity contribution is 7.99. The summed E-state index contributed by atoms with van der Waals surface area (Å²) in [4.78, 5) is 12.7. The molecule has 3 heterocycles. The predicted octanol–water partition coefficient (Wildman–Crippen LogP) is 5.49. The van der Waals surface area contributed by atoms with E-state index in [0.717, 1.165) is 47.6 Å². The molecular weight excluding hydrogens is 472 g/mol. The van der Waals surface area contributed by atoms with Crippen LogP contribution in [0, 0.1) is 0 Å². The smallest absolute Gasteiger partial charge is 0.231 e. The topological polar surface area (TPSA) is 82.2 Å². The number of benzene rings is 2. The van der Waals surface area contributed by atoms with Gasteiger partial charge < -0.3 is 14.5 Å². The van der Waals surface area contributed by atoms with Gasteiger partial charge in [-0.25, -0.2) is 0 Å². The van der Waals surface area contributed by atoms with Crippen LogP contribution in [0.15, 0.2) is 64.2 Å². The third-order valence-corrected chi connectivity index (χ3v) is 7.03. The van der Waals surface area contributed by atoms with Crippen molar-refractivity contribution in [3.8, 4) is 11.4 Å². The highest BCUT2D eigenvalue weighted by Gasteiger charge is 2.23. The van der Waals surface area contributed by atoms with E-state index in [4.69, 9.17) is 20.8 Å². The van der Waals surface area contributed by atoms with E-state index in [-0.39, 0.29) is 23.8 Å². The van der Waals surface area contributed by atoms with Crippen LogP contribution in [0.3, 0.4) is 0 Å². The number of ether oxygens (including phenoxy) is 1. The lowest BCUT2D eigenvalue weighted by Crippen LogP contribution is -2.28. The Bertz CT molecular complexity index is 1250. The van der Waals surface area contributed by atoms with Gasteiger partial charge in [-0.3, -0.25) is 9.36 Å². The van der Waals surface area contributed by atoms with E-state index in [9.17, 15) is 4.79 Å². The fourth-order valence-electron chi connectivity index (χ4n) is 4.06. The summed E-state index contributed by atoms with van der Waals surface area (Å²) in [5.74, 6) is 1.59. The monoisotopic (exact) mass is 496 g/mol. The van der Waals surface area contributed by atoms with Gasteiger partial charge in [0.15, 0.2) is 11.0 Å². The second-order valence-corrected chi connectivity index (χ2v) is 9.70. The van der Waals surface area contributed by atoms with E-state index < -0.39 is 0 Å². The van der Waals surface area contributed by atoms with Gasteiger partial charge in [-0.2, -0.15) is 0 Å². The number of carbonyl (C=O) groups excluding carboxylic acids is 1. The first-order valence-electron chi connectivity index (χ1n) is 11.3. The number of aromatic nitrogens is 3. The van der Waals surface area contributed by atoms with E-state index in [2.05, 4.69) is 15.5 Å². The van der Waals surface area contributed by atoms with E-state index in [1.54, 1.807) is 0 Å². The fourth-order valence-corrected chi connectivity index (χ4v) is 4.95. The molecule has 0 aliphatic carbocycles. The highest BCUT2D eigenvalue weighted by atomic mass is 35.5. The zero-order valence-electron chi connectivity index (χ0n) is 18.7. The number of rotatable bonds is 8. The molecule has 9 heteroatoms. The van der Waals surface area contributed by atoms with Crippen LogP contribution in [0.25, 0.3) is 22.4 Å². The van der Waals surface area contributed by atoms with Gasteiger partial charge in [-0.15, -0.1) is 10.2 Å². The Balaban J connectivity index is 1.28. The number of halogens is 1. The van der Waals surface area contributed by atoms with Gasteiger partial charge in [0.2, 0.25) is 5.91 Å². The molecule has 2 aromatic carbocycles. The first-order chi connectivity index (χ1) is 16.6. The molecule has 0 spiro atoms. The van der Waals surface area contributed by atoms with Crippen molar-refractivity contribution in [1.29, 1.82) is 0 Å². The second-order valence-electron chi connectivity index (χ2n) is 8.32. The lowest BCUT2D eigenvalue weighted by molar-refractivity contribution is -0.119. The van der Waals surface area contributed by atoms with Crippen LogP contribution in [-0.4, -0.2) is 39.1 Å². The van der Waals surface area contributed by atoms with E-state index in [1.165, 1.54) is 11.8 Å². The molecule has 7 nitrogen and oxygen atoms in total. The largest absolute Gasteiger partial charge is 0.459 e. The van der Waals surface area contributed by atoms with Crippen LogP contribution >= 0.6 is 23.4 Å². The zero-order valence-corrected chi connectivity index (χ0v) is 20.3. The molecule has 2 atom stereocenters. The number of hydrogen-bond acceptors (Lipinski definition) is 6. The third kappa shape index (κ3) is 5.14. The van der Waals surface area contributed by atoms with Crippen molar-refractivity contribution >= 4 is 40.2 Å². The molecule has 0 radical (unpaired) electrons. The number of para-hydroxylation sites is 1. The normalized spacial score (nSPS) is 16.7.